The summed E-state index contributed by atoms with van der Waals surface area (Å²) in [5.74, 6) is 1.32. The molecule has 0 atom stereocenters. The van der Waals surface area contributed by atoms with E-state index in [1.54, 1.807) is 43.8 Å². The van der Waals surface area contributed by atoms with Gasteiger partial charge in [0.2, 0.25) is 0 Å². The highest BCUT2D eigenvalue weighted by molar-refractivity contribution is 6.04. The first kappa shape index (κ1) is 22.3. The predicted molar refractivity (Wildman–Crippen MR) is 122 cm³/mol. The molecule has 1 fully saturated rings. The molecule has 3 heterocycles. The molecule has 9 heteroatoms. The molecule has 2 aromatic heterocycles. The third-order valence-electron chi connectivity index (χ3n) is 5.75. The maximum Gasteiger partial charge on any atom is 0.274 e. The van der Waals surface area contributed by atoms with E-state index in [2.05, 4.69) is 25.3 Å². The number of piperidine rings is 1. The summed E-state index contributed by atoms with van der Waals surface area (Å²) in [6.07, 6.45) is 8.46. The summed E-state index contributed by atoms with van der Waals surface area (Å²) in [6.45, 7) is 3.09. The fourth-order valence-corrected chi connectivity index (χ4v) is 3.92. The number of anilines is 1. The molecular formula is C24H26N6O3. The molecule has 9 nitrogen and oxygen atoms in total. The van der Waals surface area contributed by atoms with Gasteiger partial charge in [0.15, 0.2) is 0 Å². The second-order valence-corrected chi connectivity index (χ2v) is 7.99. The van der Waals surface area contributed by atoms with Crippen molar-refractivity contribution in [2.24, 2.45) is 5.92 Å². The van der Waals surface area contributed by atoms with E-state index in [0.717, 1.165) is 24.3 Å². The number of benzene rings is 1. The average Bonchev–Trinajstić information content (AvgIpc) is 2.85. The van der Waals surface area contributed by atoms with Crippen molar-refractivity contribution < 1.29 is 14.3 Å². The van der Waals surface area contributed by atoms with Crippen molar-refractivity contribution in [1.29, 1.82) is 0 Å². The van der Waals surface area contributed by atoms with Crippen LogP contribution in [0.2, 0.25) is 0 Å². The van der Waals surface area contributed by atoms with E-state index in [-0.39, 0.29) is 11.8 Å². The molecule has 0 bridgehead atoms. The van der Waals surface area contributed by atoms with Crippen LogP contribution in [0.4, 0.5) is 5.69 Å². The van der Waals surface area contributed by atoms with E-state index in [1.807, 2.05) is 11.8 Å². The van der Waals surface area contributed by atoms with Crippen LogP contribution in [0.15, 0.2) is 49.1 Å². The molecule has 1 aliphatic heterocycles. The minimum absolute atomic E-state index is 0.0982. The maximum absolute atomic E-state index is 13.0. The highest BCUT2D eigenvalue weighted by Gasteiger charge is 2.26. The lowest BCUT2D eigenvalue weighted by molar-refractivity contribution is 0.0683. The summed E-state index contributed by atoms with van der Waals surface area (Å²) in [7, 11) is 1.60. The zero-order valence-electron chi connectivity index (χ0n) is 18.7. The first-order chi connectivity index (χ1) is 16.0. The van der Waals surface area contributed by atoms with Gasteiger partial charge in [-0.25, -0.2) is 15.0 Å². The molecule has 0 unspecified atom stereocenters. The number of amides is 2. The van der Waals surface area contributed by atoms with Crippen molar-refractivity contribution in [3.8, 4) is 5.75 Å². The highest BCUT2D eigenvalue weighted by atomic mass is 16.5. The van der Waals surface area contributed by atoms with Gasteiger partial charge in [0.25, 0.3) is 11.8 Å². The lowest BCUT2D eigenvalue weighted by Crippen LogP contribution is -2.39. The van der Waals surface area contributed by atoms with Crippen LogP contribution in [0.25, 0.3) is 0 Å². The molecule has 4 rings (SSSR count). The van der Waals surface area contributed by atoms with Crippen LogP contribution in [0, 0.1) is 12.8 Å². The number of ether oxygens (including phenoxy) is 1. The quantitative estimate of drug-likeness (QED) is 0.620. The Morgan fingerprint density at radius 2 is 1.85 bits per heavy atom. The standard InChI is InChI=1S/C24H26N6O3/c1-16-27-14-20(23(31)29-18-3-5-19(33-2)6-4-18)21(28-16)13-17-7-11-30(12-8-17)24(32)22-15-25-9-10-26-22/h3-6,9-10,14-15,17H,7-8,11-13H2,1-2H3,(H,29,31). The molecule has 33 heavy (non-hydrogen) atoms. The van der Waals surface area contributed by atoms with E-state index in [1.165, 1.54) is 12.4 Å². The van der Waals surface area contributed by atoms with Crippen molar-refractivity contribution in [3.05, 3.63) is 71.8 Å². The van der Waals surface area contributed by atoms with Crippen molar-refractivity contribution >= 4 is 17.5 Å². The van der Waals surface area contributed by atoms with E-state index >= 15 is 0 Å². The molecule has 0 saturated carbocycles. The van der Waals surface area contributed by atoms with E-state index in [0.29, 0.717) is 48.2 Å². The lowest BCUT2D eigenvalue weighted by Gasteiger charge is -2.31. The summed E-state index contributed by atoms with van der Waals surface area (Å²) in [4.78, 5) is 44.3. The maximum atomic E-state index is 13.0. The van der Waals surface area contributed by atoms with Crippen molar-refractivity contribution in [3.63, 3.8) is 0 Å². The molecule has 1 aromatic carbocycles. The van der Waals surface area contributed by atoms with Gasteiger partial charge in [0.05, 0.1) is 24.6 Å². The number of methoxy groups -OCH3 is 1. The number of rotatable bonds is 6. The first-order valence-corrected chi connectivity index (χ1v) is 10.9. The molecule has 170 valence electrons. The molecule has 0 aliphatic carbocycles. The summed E-state index contributed by atoms with van der Waals surface area (Å²) in [5, 5.41) is 2.91. The number of nitrogens with one attached hydrogen (secondary N) is 1. The topological polar surface area (TPSA) is 110 Å². The zero-order valence-corrected chi connectivity index (χ0v) is 18.7. The minimum Gasteiger partial charge on any atom is -0.497 e. The van der Waals surface area contributed by atoms with Gasteiger partial charge >= 0.3 is 0 Å². The van der Waals surface area contributed by atoms with Crippen molar-refractivity contribution in [1.82, 2.24) is 24.8 Å². The largest absolute Gasteiger partial charge is 0.497 e. The van der Waals surface area contributed by atoms with Gasteiger partial charge in [-0.2, -0.15) is 0 Å². The summed E-state index contributed by atoms with van der Waals surface area (Å²) < 4.78 is 5.16. The number of hydrogen-bond acceptors (Lipinski definition) is 7. The molecular weight excluding hydrogens is 420 g/mol. The third kappa shape index (κ3) is 5.49. The van der Waals surface area contributed by atoms with Gasteiger partial charge < -0.3 is 15.0 Å². The van der Waals surface area contributed by atoms with Crippen LogP contribution in [0.3, 0.4) is 0 Å². The molecule has 3 aromatic rings. The Balaban J connectivity index is 1.40. The predicted octanol–water partition coefficient (Wildman–Crippen LogP) is 2.93. The molecule has 1 saturated heterocycles. The first-order valence-electron chi connectivity index (χ1n) is 10.9. The smallest absolute Gasteiger partial charge is 0.274 e. The van der Waals surface area contributed by atoms with Gasteiger partial charge in [-0.05, 0) is 56.4 Å². The summed E-state index contributed by atoms with van der Waals surface area (Å²) >= 11 is 0. The molecule has 0 radical (unpaired) electrons. The van der Waals surface area contributed by atoms with Gasteiger partial charge in [0.1, 0.15) is 17.3 Å². The summed E-state index contributed by atoms with van der Waals surface area (Å²) in [6, 6.07) is 7.15. The van der Waals surface area contributed by atoms with E-state index < -0.39 is 0 Å². The SMILES string of the molecule is COc1ccc(NC(=O)c2cnc(C)nc2CC2CCN(C(=O)c3cnccn3)CC2)cc1. The number of likely N-dealkylation sites (tertiary alicyclic amines) is 1. The van der Waals surface area contributed by atoms with Gasteiger partial charge in [-0.15, -0.1) is 0 Å². The Labute approximate surface area is 192 Å². The normalized spacial score (nSPS) is 14.1. The number of nitrogens with zero attached hydrogens (tertiary/aromatic N) is 5. The Morgan fingerprint density at radius 1 is 1.09 bits per heavy atom. The number of aromatic nitrogens is 4. The van der Waals surface area contributed by atoms with Crippen LogP contribution in [0.1, 0.15) is 45.2 Å². The number of aryl methyl sites for hydroxylation is 1. The Morgan fingerprint density at radius 3 is 2.52 bits per heavy atom. The Bertz CT molecular complexity index is 1110. The van der Waals surface area contributed by atoms with Gasteiger partial charge in [-0.1, -0.05) is 0 Å². The number of carbonyl (C=O) groups excluding carboxylic acids is 2. The number of hydrogen-bond donors (Lipinski definition) is 1. The van der Waals surface area contributed by atoms with Crippen LogP contribution in [0.5, 0.6) is 5.75 Å². The zero-order chi connectivity index (χ0) is 23.2. The van der Waals surface area contributed by atoms with Crippen LogP contribution >= 0.6 is 0 Å². The minimum atomic E-state index is -0.245. The van der Waals surface area contributed by atoms with Gasteiger partial charge in [-0.3, -0.25) is 14.6 Å². The molecule has 2 amide bonds. The molecule has 1 aliphatic rings. The van der Waals surface area contributed by atoms with Crippen LogP contribution in [-0.2, 0) is 6.42 Å². The van der Waals surface area contributed by atoms with Crippen LogP contribution in [-0.4, -0.2) is 56.8 Å². The Hall–Kier alpha value is -3.88. The van der Waals surface area contributed by atoms with E-state index in [4.69, 9.17) is 4.74 Å². The van der Waals surface area contributed by atoms with Gasteiger partial charge in [0, 0.05) is 37.4 Å². The monoisotopic (exact) mass is 446 g/mol. The lowest BCUT2D eigenvalue weighted by atomic mass is 9.90. The Kier molecular flexibility index (Phi) is 6.87. The average molecular weight is 447 g/mol. The number of carbonyl (C=O) groups is 2. The molecule has 0 spiro atoms. The fraction of sp³-hybridized carbons (Fsp3) is 0.333. The van der Waals surface area contributed by atoms with E-state index in [9.17, 15) is 9.59 Å². The summed E-state index contributed by atoms with van der Waals surface area (Å²) in [5.41, 5.74) is 2.23. The van der Waals surface area contributed by atoms with Crippen molar-refractivity contribution in [2.45, 2.75) is 26.2 Å². The second-order valence-electron chi connectivity index (χ2n) is 7.99. The molecule has 1 N–H and O–H groups in total. The highest BCUT2D eigenvalue weighted by Crippen LogP contribution is 2.24. The van der Waals surface area contributed by atoms with Crippen molar-refractivity contribution in [2.75, 3.05) is 25.5 Å². The fourth-order valence-electron chi connectivity index (χ4n) is 3.92. The van der Waals surface area contributed by atoms with Crippen LogP contribution < -0.4 is 10.1 Å². The second kappa shape index (κ2) is 10.2. The third-order valence-corrected chi connectivity index (χ3v) is 5.75.